The Balaban J connectivity index is 0.00000242. The zero-order valence-corrected chi connectivity index (χ0v) is 15.1. The Morgan fingerprint density at radius 2 is 1.91 bits per heavy atom. The third-order valence-electron chi connectivity index (χ3n) is 3.35. The van der Waals surface area contributed by atoms with Crippen LogP contribution in [0, 0.1) is 19.7 Å². The third kappa shape index (κ3) is 5.63. The number of aryl methyl sites for hydroxylation is 2. The van der Waals surface area contributed by atoms with Gasteiger partial charge in [-0.2, -0.15) is 0 Å². The van der Waals surface area contributed by atoms with E-state index >= 15 is 0 Å². The molecule has 0 spiro atoms. The summed E-state index contributed by atoms with van der Waals surface area (Å²) in [4.78, 5) is 4.26. The van der Waals surface area contributed by atoms with Crippen molar-refractivity contribution in [1.82, 2.24) is 0 Å². The van der Waals surface area contributed by atoms with Gasteiger partial charge in [-0.15, -0.1) is 24.0 Å². The zero-order valence-electron chi connectivity index (χ0n) is 12.8. The van der Waals surface area contributed by atoms with E-state index in [0.29, 0.717) is 18.9 Å². The Labute approximate surface area is 147 Å². The van der Waals surface area contributed by atoms with Crippen molar-refractivity contribution in [3.8, 4) is 0 Å². The van der Waals surface area contributed by atoms with Crippen molar-refractivity contribution in [2.24, 2.45) is 10.7 Å². The van der Waals surface area contributed by atoms with Crippen molar-refractivity contribution in [2.75, 3.05) is 11.9 Å². The molecule has 0 fully saturated rings. The number of guanidine groups is 1. The average Bonchev–Trinajstić information content (AvgIpc) is 2.43. The number of halogens is 2. The smallest absolute Gasteiger partial charge is 0.193 e. The van der Waals surface area contributed by atoms with Gasteiger partial charge in [0.2, 0.25) is 0 Å². The lowest BCUT2D eigenvalue weighted by Gasteiger charge is -2.08. The van der Waals surface area contributed by atoms with Gasteiger partial charge in [-0.25, -0.2) is 4.39 Å². The minimum absolute atomic E-state index is 0. The maximum Gasteiger partial charge on any atom is 0.193 e. The summed E-state index contributed by atoms with van der Waals surface area (Å²) in [5, 5.41) is 3.06. The van der Waals surface area contributed by atoms with E-state index in [-0.39, 0.29) is 29.8 Å². The largest absolute Gasteiger partial charge is 0.370 e. The first kappa shape index (κ1) is 18.4. The molecule has 2 aromatic rings. The van der Waals surface area contributed by atoms with Crippen LogP contribution in [-0.4, -0.2) is 12.5 Å². The summed E-state index contributed by atoms with van der Waals surface area (Å²) in [5.41, 5.74) is 10.1. The summed E-state index contributed by atoms with van der Waals surface area (Å²) in [6.07, 6.45) is 0.660. The molecule has 2 rings (SSSR count). The van der Waals surface area contributed by atoms with Crippen molar-refractivity contribution in [2.45, 2.75) is 20.3 Å². The van der Waals surface area contributed by atoms with Crippen LogP contribution >= 0.6 is 24.0 Å². The van der Waals surface area contributed by atoms with Gasteiger partial charge in [0.1, 0.15) is 5.82 Å². The van der Waals surface area contributed by atoms with Crippen LogP contribution in [0.4, 0.5) is 10.1 Å². The Bertz CT molecular complexity index is 656. The van der Waals surface area contributed by atoms with E-state index < -0.39 is 0 Å². The minimum atomic E-state index is -0.224. The van der Waals surface area contributed by atoms with E-state index in [1.54, 1.807) is 6.07 Å². The number of nitrogens with zero attached hydrogens (tertiary/aromatic N) is 1. The second-order valence-electron chi connectivity index (χ2n) is 5.07. The lowest BCUT2D eigenvalue weighted by atomic mass is 10.1. The van der Waals surface area contributed by atoms with E-state index in [4.69, 9.17) is 5.73 Å². The molecule has 0 saturated heterocycles. The maximum absolute atomic E-state index is 13.0. The molecule has 3 N–H and O–H groups in total. The van der Waals surface area contributed by atoms with Gasteiger partial charge in [-0.3, -0.25) is 4.99 Å². The van der Waals surface area contributed by atoms with Crippen LogP contribution in [0.2, 0.25) is 0 Å². The normalized spacial score (nSPS) is 11.0. The first-order chi connectivity index (χ1) is 10.0. The predicted octanol–water partition coefficient (Wildman–Crippen LogP) is 4.03. The van der Waals surface area contributed by atoms with Crippen molar-refractivity contribution in [1.29, 1.82) is 0 Å². The van der Waals surface area contributed by atoms with Crippen molar-refractivity contribution >= 4 is 35.6 Å². The maximum atomic E-state index is 13.0. The van der Waals surface area contributed by atoms with Crippen LogP contribution in [0.1, 0.15) is 16.7 Å². The molecule has 118 valence electrons. The Morgan fingerprint density at radius 3 is 2.59 bits per heavy atom. The van der Waals surface area contributed by atoms with E-state index in [1.807, 2.05) is 24.3 Å². The van der Waals surface area contributed by atoms with Crippen LogP contribution in [0.15, 0.2) is 47.5 Å². The highest BCUT2D eigenvalue weighted by Gasteiger charge is 1.99. The molecule has 0 radical (unpaired) electrons. The summed E-state index contributed by atoms with van der Waals surface area (Å²) < 4.78 is 13.0. The molecule has 0 aromatic heterocycles. The zero-order chi connectivity index (χ0) is 15.2. The van der Waals surface area contributed by atoms with Crippen LogP contribution in [0.3, 0.4) is 0 Å². The SMILES string of the molecule is Cc1ccc(NC(N)=NCCc2cccc(F)c2)cc1C.I. The van der Waals surface area contributed by atoms with Gasteiger partial charge in [0, 0.05) is 12.2 Å². The highest BCUT2D eigenvalue weighted by molar-refractivity contribution is 14.0. The number of rotatable bonds is 4. The third-order valence-corrected chi connectivity index (χ3v) is 3.35. The molecular weight excluding hydrogens is 392 g/mol. The molecule has 0 unspecified atom stereocenters. The summed E-state index contributed by atoms with van der Waals surface area (Å²) in [7, 11) is 0. The summed E-state index contributed by atoms with van der Waals surface area (Å²) in [6.45, 7) is 4.64. The number of hydrogen-bond acceptors (Lipinski definition) is 1. The number of aliphatic imine (C=N–C) groups is 1. The number of hydrogen-bond donors (Lipinski definition) is 2. The van der Waals surface area contributed by atoms with Gasteiger partial charge in [-0.1, -0.05) is 18.2 Å². The van der Waals surface area contributed by atoms with Gasteiger partial charge < -0.3 is 11.1 Å². The molecule has 0 aliphatic rings. The number of anilines is 1. The van der Waals surface area contributed by atoms with Gasteiger partial charge in [-0.05, 0) is 61.2 Å². The number of benzene rings is 2. The highest BCUT2D eigenvalue weighted by atomic mass is 127. The minimum Gasteiger partial charge on any atom is -0.370 e. The molecule has 0 aliphatic carbocycles. The van der Waals surface area contributed by atoms with Crippen LogP contribution in [0.5, 0.6) is 0 Å². The summed E-state index contributed by atoms with van der Waals surface area (Å²) >= 11 is 0. The van der Waals surface area contributed by atoms with E-state index in [2.05, 4.69) is 24.2 Å². The lowest BCUT2D eigenvalue weighted by molar-refractivity contribution is 0.625. The molecule has 0 heterocycles. The monoisotopic (exact) mass is 413 g/mol. The van der Waals surface area contributed by atoms with Crippen molar-refractivity contribution < 1.29 is 4.39 Å². The van der Waals surface area contributed by atoms with Crippen LogP contribution in [0.25, 0.3) is 0 Å². The molecule has 22 heavy (non-hydrogen) atoms. The van der Waals surface area contributed by atoms with Crippen LogP contribution in [-0.2, 0) is 6.42 Å². The molecule has 0 atom stereocenters. The van der Waals surface area contributed by atoms with Gasteiger partial charge in [0.25, 0.3) is 0 Å². The quantitative estimate of drug-likeness (QED) is 0.452. The Kier molecular flexibility index (Phi) is 7.31. The topological polar surface area (TPSA) is 50.4 Å². The van der Waals surface area contributed by atoms with Crippen LogP contribution < -0.4 is 11.1 Å². The van der Waals surface area contributed by atoms with Crippen molar-refractivity contribution in [3.05, 3.63) is 65.0 Å². The molecule has 5 heteroatoms. The van der Waals surface area contributed by atoms with Crippen molar-refractivity contribution in [3.63, 3.8) is 0 Å². The van der Waals surface area contributed by atoms with E-state index in [1.165, 1.54) is 23.3 Å². The van der Waals surface area contributed by atoms with Gasteiger partial charge in [0.15, 0.2) is 5.96 Å². The number of nitrogens with two attached hydrogens (primary N) is 1. The van der Waals surface area contributed by atoms with E-state index in [9.17, 15) is 4.39 Å². The molecule has 0 aliphatic heterocycles. The molecule has 0 bridgehead atoms. The van der Waals surface area contributed by atoms with E-state index in [0.717, 1.165) is 11.3 Å². The fraction of sp³-hybridized carbons (Fsp3) is 0.235. The summed E-state index contributed by atoms with van der Waals surface area (Å²) in [5.74, 6) is 0.146. The fourth-order valence-corrected chi connectivity index (χ4v) is 2.00. The fourth-order valence-electron chi connectivity index (χ4n) is 2.00. The molecular formula is C17H21FIN3. The predicted molar refractivity (Wildman–Crippen MR) is 102 cm³/mol. The van der Waals surface area contributed by atoms with Gasteiger partial charge >= 0.3 is 0 Å². The molecule has 0 saturated carbocycles. The standard InChI is InChI=1S/C17H20FN3.HI/c1-12-6-7-16(10-13(12)2)21-17(19)20-9-8-14-4-3-5-15(18)11-14;/h3-7,10-11H,8-9H2,1-2H3,(H3,19,20,21);1H. The highest BCUT2D eigenvalue weighted by Crippen LogP contribution is 2.13. The first-order valence-electron chi connectivity index (χ1n) is 6.93. The Hall–Kier alpha value is -1.63. The second kappa shape index (κ2) is 8.73. The molecule has 0 amide bonds. The number of nitrogens with one attached hydrogen (secondary N) is 1. The second-order valence-corrected chi connectivity index (χ2v) is 5.07. The first-order valence-corrected chi connectivity index (χ1v) is 6.93. The average molecular weight is 413 g/mol. The molecule has 2 aromatic carbocycles. The Morgan fingerprint density at radius 1 is 1.14 bits per heavy atom. The summed E-state index contributed by atoms with van der Waals surface area (Å²) in [6, 6.07) is 12.6. The van der Waals surface area contributed by atoms with Gasteiger partial charge in [0.05, 0.1) is 0 Å². The lowest BCUT2D eigenvalue weighted by Crippen LogP contribution is -2.23. The molecule has 3 nitrogen and oxygen atoms in total.